The second kappa shape index (κ2) is 13.2. The minimum Gasteiger partial charge on any atom is -0.356 e. The first-order valence-corrected chi connectivity index (χ1v) is 11.8. The van der Waals surface area contributed by atoms with E-state index in [1.54, 1.807) is 0 Å². The highest BCUT2D eigenvalue weighted by Gasteiger charge is 1.92. The average Bonchev–Trinajstić information content (AvgIpc) is 2.94. The van der Waals surface area contributed by atoms with Crippen molar-refractivity contribution in [2.75, 3.05) is 5.32 Å². The number of benzene rings is 5. The van der Waals surface area contributed by atoms with Crippen LogP contribution >= 0.6 is 0 Å². The van der Waals surface area contributed by atoms with Crippen LogP contribution in [0.5, 0.6) is 0 Å². The normalized spacial score (nSPS) is 10.6. The standard InChI is InChI=1S/C22H18.C12H11N/c1-3-8-19(9-4-1)14-16-21-12-7-13-22(18-21)17-15-20-10-5-2-6-11-20;1-3-7-11(8-4-1)13-12-9-5-2-6-10-12/h1-18H;1-10,13H. The maximum atomic E-state index is 3.30. The van der Waals surface area contributed by atoms with Crippen LogP contribution in [-0.4, -0.2) is 0 Å². The Morgan fingerprint density at radius 2 is 0.629 bits per heavy atom. The summed E-state index contributed by atoms with van der Waals surface area (Å²) in [5.74, 6) is 0. The summed E-state index contributed by atoms with van der Waals surface area (Å²) in [7, 11) is 0. The van der Waals surface area contributed by atoms with Gasteiger partial charge in [-0.3, -0.25) is 0 Å². The van der Waals surface area contributed by atoms with Crippen molar-refractivity contribution in [1.29, 1.82) is 0 Å². The van der Waals surface area contributed by atoms with Crippen LogP contribution in [0, 0.1) is 0 Å². The van der Waals surface area contributed by atoms with Crippen molar-refractivity contribution < 1.29 is 0 Å². The Labute approximate surface area is 208 Å². The van der Waals surface area contributed by atoms with Gasteiger partial charge in [0.25, 0.3) is 0 Å². The van der Waals surface area contributed by atoms with Crippen molar-refractivity contribution >= 4 is 35.7 Å². The lowest BCUT2D eigenvalue weighted by molar-refractivity contribution is 1.55. The van der Waals surface area contributed by atoms with Gasteiger partial charge < -0.3 is 5.32 Å². The van der Waals surface area contributed by atoms with Gasteiger partial charge in [-0.2, -0.15) is 0 Å². The summed E-state index contributed by atoms with van der Waals surface area (Å²) in [4.78, 5) is 0. The molecule has 5 aromatic rings. The first-order valence-electron chi connectivity index (χ1n) is 11.8. The van der Waals surface area contributed by atoms with Crippen LogP contribution in [0.25, 0.3) is 24.3 Å². The van der Waals surface area contributed by atoms with Gasteiger partial charge in [-0.25, -0.2) is 0 Å². The number of anilines is 2. The van der Waals surface area contributed by atoms with Crippen LogP contribution in [0.3, 0.4) is 0 Å². The molecule has 0 radical (unpaired) electrons. The van der Waals surface area contributed by atoms with Crippen molar-refractivity contribution in [2.24, 2.45) is 0 Å². The van der Waals surface area contributed by atoms with E-state index in [1.807, 2.05) is 72.8 Å². The summed E-state index contributed by atoms with van der Waals surface area (Å²) < 4.78 is 0. The highest BCUT2D eigenvalue weighted by Crippen LogP contribution is 2.15. The summed E-state index contributed by atoms with van der Waals surface area (Å²) in [5.41, 5.74) is 7.08. The van der Waals surface area contributed by atoms with E-state index in [0.29, 0.717) is 0 Å². The number of hydrogen-bond acceptors (Lipinski definition) is 1. The van der Waals surface area contributed by atoms with Crippen LogP contribution in [0.1, 0.15) is 22.3 Å². The van der Waals surface area contributed by atoms with Gasteiger partial charge in [-0.15, -0.1) is 0 Å². The summed E-state index contributed by atoms with van der Waals surface area (Å²) in [6.07, 6.45) is 8.57. The zero-order valence-electron chi connectivity index (χ0n) is 19.7. The van der Waals surface area contributed by atoms with E-state index in [4.69, 9.17) is 0 Å². The smallest absolute Gasteiger partial charge is 0.0384 e. The van der Waals surface area contributed by atoms with Gasteiger partial charge >= 0.3 is 0 Å². The van der Waals surface area contributed by atoms with E-state index in [-0.39, 0.29) is 0 Å². The van der Waals surface area contributed by atoms with E-state index in [9.17, 15) is 0 Å². The van der Waals surface area contributed by atoms with Crippen LogP contribution < -0.4 is 5.32 Å². The lowest BCUT2D eigenvalue weighted by Gasteiger charge is -2.04. The molecule has 1 nitrogen and oxygen atoms in total. The molecule has 170 valence electrons. The molecule has 0 aliphatic carbocycles. The zero-order chi connectivity index (χ0) is 24.0. The molecule has 0 atom stereocenters. The van der Waals surface area contributed by atoms with E-state index >= 15 is 0 Å². The monoisotopic (exact) mass is 451 g/mol. The lowest BCUT2D eigenvalue weighted by Crippen LogP contribution is -1.87. The van der Waals surface area contributed by atoms with Gasteiger partial charge in [0.15, 0.2) is 0 Å². The van der Waals surface area contributed by atoms with Crippen molar-refractivity contribution in [1.82, 2.24) is 0 Å². The molecule has 0 aliphatic rings. The number of para-hydroxylation sites is 2. The van der Waals surface area contributed by atoms with Gasteiger partial charge in [-0.1, -0.05) is 140 Å². The number of hydrogen-bond donors (Lipinski definition) is 1. The molecule has 0 saturated carbocycles. The Morgan fingerprint density at radius 3 is 1.03 bits per heavy atom. The number of rotatable bonds is 6. The molecule has 5 rings (SSSR count). The third-order valence-electron chi connectivity index (χ3n) is 5.28. The molecule has 0 amide bonds. The minimum absolute atomic E-state index is 1.12. The third kappa shape index (κ3) is 8.34. The second-order valence-electron chi connectivity index (χ2n) is 8.02. The summed E-state index contributed by atoms with van der Waals surface area (Å²) in [6.45, 7) is 0. The molecule has 5 aromatic carbocycles. The van der Waals surface area contributed by atoms with E-state index < -0.39 is 0 Å². The van der Waals surface area contributed by atoms with E-state index in [0.717, 1.165) is 11.4 Å². The molecule has 1 N–H and O–H groups in total. The van der Waals surface area contributed by atoms with E-state index in [2.05, 4.69) is 102 Å². The molecule has 0 aliphatic heterocycles. The zero-order valence-corrected chi connectivity index (χ0v) is 19.7. The second-order valence-corrected chi connectivity index (χ2v) is 8.02. The van der Waals surface area contributed by atoms with Crippen LogP contribution in [0.4, 0.5) is 11.4 Å². The summed E-state index contributed by atoms with van der Waals surface area (Å²) in [6, 6.07) is 49.5. The Balaban J connectivity index is 0.000000189. The fraction of sp³-hybridized carbons (Fsp3) is 0. The Morgan fingerprint density at radius 1 is 0.314 bits per heavy atom. The van der Waals surface area contributed by atoms with Gasteiger partial charge in [0.05, 0.1) is 0 Å². The SMILES string of the molecule is C(=Cc1cccc(C=Cc2ccccc2)c1)c1ccccc1.c1ccc(Nc2ccccc2)cc1. The predicted octanol–water partition coefficient (Wildman–Crippen LogP) is 9.46. The highest BCUT2D eigenvalue weighted by molar-refractivity contribution is 5.74. The van der Waals surface area contributed by atoms with Crippen molar-refractivity contribution in [3.63, 3.8) is 0 Å². The van der Waals surface area contributed by atoms with Crippen LogP contribution in [0.2, 0.25) is 0 Å². The Hall–Kier alpha value is -4.62. The van der Waals surface area contributed by atoms with Gasteiger partial charge in [0, 0.05) is 11.4 Å². The fourth-order valence-corrected chi connectivity index (χ4v) is 3.49. The predicted molar refractivity (Wildman–Crippen MR) is 153 cm³/mol. The third-order valence-corrected chi connectivity index (χ3v) is 5.28. The summed E-state index contributed by atoms with van der Waals surface area (Å²) >= 11 is 0. The topological polar surface area (TPSA) is 12.0 Å². The molecule has 0 spiro atoms. The van der Waals surface area contributed by atoms with Gasteiger partial charge in [-0.05, 0) is 52.6 Å². The van der Waals surface area contributed by atoms with Crippen molar-refractivity contribution in [3.05, 3.63) is 168 Å². The highest BCUT2D eigenvalue weighted by atomic mass is 14.9. The van der Waals surface area contributed by atoms with Crippen LogP contribution in [-0.2, 0) is 0 Å². The molecule has 1 heteroatoms. The van der Waals surface area contributed by atoms with Crippen LogP contribution in [0.15, 0.2) is 146 Å². The van der Waals surface area contributed by atoms with Crippen molar-refractivity contribution in [2.45, 2.75) is 0 Å². The Bertz CT molecular complexity index is 1220. The first-order chi connectivity index (χ1) is 17.3. The largest absolute Gasteiger partial charge is 0.356 e. The quantitative estimate of drug-likeness (QED) is 0.253. The van der Waals surface area contributed by atoms with E-state index in [1.165, 1.54) is 22.3 Å². The fourth-order valence-electron chi connectivity index (χ4n) is 3.49. The molecular formula is C34H29N. The minimum atomic E-state index is 1.12. The molecule has 0 aromatic heterocycles. The molecule has 0 saturated heterocycles. The average molecular weight is 452 g/mol. The van der Waals surface area contributed by atoms with Crippen molar-refractivity contribution in [3.8, 4) is 0 Å². The molecule has 35 heavy (non-hydrogen) atoms. The molecule has 0 fully saturated rings. The molecule has 0 bridgehead atoms. The first kappa shape index (κ1) is 23.5. The maximum absolute atomic E-state index is 3.30. The molecule has 0 unspecified atom stereocenters. The molecule has 0 heterocycles. The molecular weight excluding hydrogens is 422 g/mol. The van der Waals surface area contributed by atoms with Gasteiger partial charge in [0.1, 0.15) is 0 Å². The Kier molecular flexibility index (Phi) is 8.86. The maximum Gasteiger partial charge on any atom is 0.0384 e. The van der Waals surface area contributed by atoms with Gasteiger partial charge in [0.2, 0.25) is 0 Å². The summed E-state index contributed by atoms with van der Waals surface area (Å²) in [5, 5.41) is 3.30. The lowest BCUT2D eigenvalue weighted by atomic mass is 10.1. The number of nitrogens with one attached hydrogen (secondary N) is 1.